The highest BCUT2D eigenvalue weighted by Gasteiger charge is 2.31. The van der Waals surface area contributed by atoms with E-state index < -0.39 is 0 Å². The van der Waals surface area contributed by atoms with Crippen LogP contribution in [0.1, 0.15) is 112 Å². The number of hydrogen-bond donors (Lipinski definition) is 2. The van der Waals surface area contributed by atoms with Crippen LogP contribution in [0.15, 0.2) is 54.7 Å². The van der Waals surface area contributed by atoms with Gasteiger partial charge in [0.2, 0.25) is 0 Å². The third kappa shape index (κ3) is 7.94. The topological polar surface area (TPSA) is 123 Å². The number of ketones is 1. The first-order chi connectivity index (χ1) is 23.3. The predicted octanol–water partition coefficient (Wildman–Crippen LogP) is 6.79. The number of nitrogens with zero attached hydrogens (tertiary/aromatic N) is 5. The van der Waals surface area contributed by atoms with Crippen LogP contribution in [-0.2, 0) is 15.6 Å². The fourth-order valence-electron chi connectivity index (χ4n) is 6.57. The first-order valence-corrected chi connectivity index (χ1v) is 17.3. The molecule has 6 rings (SSSR count). The van der Waals surface area contributed by atoms with E-state index in [4.69, 9.17) is 9.47 Å². The van der Waals surface area contributed by atoms with Gasteiger partial charge in [0.25, 0.3) is 0 Å². The van der Waals surface area contributed by atoms with Crippen molar-refractivity contribution in [2.75, 3.05) is 32.1 Å². The number of carbonyl (C=O) groups excluding carboxylic acids is 2. The number of benzene rings is 1. The monoisotopic (exact) mass is 667 g/mol. The van der Waals surface area contributed by atoms with E-state index >= 15 is 0 Å². The van der Waals surface area contributed by atoms with Gasteiger partial charge in [-0.2, -0.15) is 0 Å². The number of urea groups is 1. The van der Waals surface area contributed by atoms with Crippen LogP contribution in [0.2, 0.25) is 0 Å². The van der Waals surface area contributed by atoms with Crippen LogP contribution in [-0.4, -0.2) is 69.1 Å². The Morgan fingerprint density at radius 2 is 1.69 bits per heavy atom. The molecule has 0 saturated carbocycles. The molecule has 4 aromatic rings. The van der Waals surface area contributed by atoms with Gasteiger partial charge in [0, 0.05) is 32.0 Å². The van der Waals surface area contributed by atoms with Crippen LogP contribution in [0.3, 0.4) is 0 Å². The third-order valence-electron chi connectivity index (χ3n) is 9.42. The Morgan fingerprint density at radius 3 is 2.41 bits per heavy atom. The number of aromatic nitrogens is 4. The molecule has 1 aliphatic carbocycles. The zero-order valence-electron chi connectivity index (χ0n) is 29.7. The summed E-state index contributed by atoms with van der Waals surface area (Å²) >= 11 is 0. The average molecular weight is 668 g/mol. The van der Waals surface area contributed by atoms with E-state index in [0.717, 1.165) is 60.0 Å². The SMILES string of the molecule is COC1CN(CCCC(=O)c2cc(C(C)(C)C)cc(NC(=O)N[C@H]3CC[C@@H](Oc4ccc5nnc(C(C)(C)C)n5c4)c4ccccc43)n2)C1. The summed E-state index contributed by atoms with van der Waals surface area (Å²) in [5, 5.41) is 14.8. The maximum absolute atomic E-state index is 13.4. The van der Waals surface area contributed by atoms with Gasteiger partial charge in [0.1, 0.15) is 29.2 Å². The lowest BCUT2D eigenvalue weighted by Gasteiger charge is -2.38. The molecule has 3 aromatic heterocycles. The highest BCUT2D eigenvalue weighted by atomic mass is 16.5. The molecule has 0 radical (unpaired) electrons. The summed E-state index contributed by atoms with van der Waals surface area (Å²) in [4.78, 5) is 33.6. The van der Waals surface area contributed by atoms with Crippen molar-refractivity contribution in [3.05, 3.63) is 82.9 Å². The number of likely N-dealkylation sites (tertiary alicyclic amines) is 1. The molecule has 4 heterocycles. The summed E-state index contributed by atoms with van der Waals surface area (Å²) in [5.74, 6) is 1.94. The highest BCUT2D eigenvalue weighted by Crippen LogP contribution is 2.39. The van der Waals surface area contributed by atoms with Crippen LogP contribution in [0.25, 0.3) is 5.65 Å². The van der Waals surface area contributed by atoms with Gasteiger partial charge in [0.05, 0.1) is 18.3 Å². The van der Waals surface area contributed by atoms with Gasteiger partial charge in [-0.25, -0.2) is 9.78 Å². The van der Waals surface area contributed by atoms with Crippen molar-refractivity contribution in [2.45, 2.75) is 96.3 Å². The van der Waals surface area contributed by atoms with Gasteiger partial charge in [-0.3, -0.25) is 19.4 Å². The zero-order chi connectivity index (χ0) is 34.9. The summed E-state index contributed by atoms with van der Waals surface area (Å²) in [7, 11) is 1.73. The maximum atomic E-state index is 13.4. The largest absolute Gasteiger partial charge is 0.484 e. The molecule has 0 unspecified atom stereocenters. The number of pyridine rings is 2. The van der Waals surface area contributed by atoms with E-state index in [9.17, 15) is 9.59 Å². The third-order valence-corrected chi connectivity index (χ3v) is 9.42. The summed E-state index contributed by atoms with van der Waals surface area (Å²) in [5.41, 5.74) is 3.74. The second-order valence-corrected chi connectivity index (χ2v) is 15.4. The van der Waals surface area contributed by atoms with E-state index in [1.807, 2.05) is 53.1 Å². The van der Waals surface area contributed by atoms with Crippen LogP contribution >= 0.6 is 0 Å². The van der Waals surface area contributed by atoms with Crippen molar-refractivity contribution in [2.24, 2.45) is 0 Å². The summed E-state index contributed by atoms with van der Waals surface area (Å²) in [6.07, 6.45) is 4.63. The maximum Gasteiger partial charge on any atom is 0.320 e. The number of hydrogen-bond acceptors (Lipinski definition) is 8. The smallest absolute Gasteiger partial charge is 0.320 e. The predicted molar refractivity (Wildman–Crippen MR) is 189 cm³/mol. The quantitative estimate of drug-likeness (QED) is 0.177. The Morgan fingerprint density at radius 1 is 0.939 bits per heavy atom. The number of rotatable bonds is 10. The van der Waals surface area contributed by atoms with Crippen LogP contribution in [0.4, 0.5) is 10.6 Å². The Balaban J connectivity index is 1.13. The van der Waals surface area contributed by atoms with E-state index in [2.05, 4.69) is 78.3 Å². The van der Waals surface area contributed by atoms with Gasteiger partial charge in [-0.15, -0.1) is 10.2 Å². The number of Topliss-reactive ketones (excluding diaryl/α,β-unsaturated/α-hetero) is 1. The Labute approximate surface area is 288 Å². The molecule has 11 heteroatoms. The van der Waals surface area contributed by atoms with Crippen molar-refractivity contribution in [1.82, 2.24) is 29.8 Å². The Bertz CT molecular complexity index is 1820. The molecular formula is C38H49N7O4. The normalized spacial score (nSPS) is 18.5. The number of methoxy groups -OCH3 is 1. The van der Waals surface area contributed by atoms with Crippen LogP contribution in [0, 0.1) is 0 Å². The lowest BCUT2D eigenvalue weighted by Crippen LogP contribution is -2.51. The van der Waals surface area contributed by atoms with Crippen molar-refractivity contribution in [3.8, 4) is 5.75 Å². The van der Waals surface area contributed by atoms with Gasteiger partial charge >= 0.3 is 6.03 Å². The molecule has 260 valence electrons. The average Bonchev–Trinajstić information content (AvgIpc) is 3.47. The minimum atomic E-state index is -0.366. The molecule has 1 saturated heterocycles. The first kappa shape index (κ1) is 34.5. The molecule has 49 heavy (non-hydrogen) atoms. The molecule has 1 aromatic carbocycles. The molecule has 2 amide bonds. The van der Waals surface area contributed by atoms with E-state index in [1.165, 1.54) is 0 Å². The van der Waals surface area contributed by atoms with Gasteiger partial charge in [-0.1, -0.05) is 65.8 Å². The fraction of sp³-hybridized carbons (Fsp3) is 0.500. The lowest BCUT2D eigenvalue weighted by molar-refractivity contribution is -0.0294. The molecule has 11 nitrogen and oxygen atoms in total. The van der Waals surface area contributed by atoms with Crippen LogP contribution in [0.5, 0.6) is 5.75 Å². The molecule has 0 bridgehead atoms. The van der Waals surface area contributed by atoms with E-state index in [0.29, 0.717) is 36.9 Å². The van der Waals surface area contributed by atoms with Crippen molar-refractivity contribution >= 4 is 23.3 Å². The molecule has 1 fully saturated rings. The number of fused-ring (bicyclic) bond motifs is 2. The number of anilines is 1. The molecule has 0 spiro atoms. The fourth-order valence-corrected chi connectivity index (χ4v) is 6.57. The lowest BCUT2D eigenvalue weighted by atomic mass is 9.85. The van der Waals surface area contributed by atoms with E-state index in [1.54, 1.807) is 7.11 Å². The standard InChI is InChI=1S/C38H49N7O4/c1-37(2,3)24-19-30(31(46)13-10-18-44-21-26(22-44)48-7)39-33(20-24)41-36(47)40-29-15-16-32(28-12-9-8-11-27(28)29)49-25-14-17-34-42-43-35(38(4,5)6)45(34)23-25/h8-9,11-12,14,17,19-20,23,26,29,32H,10,13,15-16,18,21-22H2,1-7H3,(H2,39,40,41,47)/t29-,32+/m0/s1. The first-order valence-electron chi connectivity index (χ1n) is 17.3. The Kier molecular flexibility index (Phi) is 9.77. The highest BCUT2D eigenvalue weighted by molar-refractivity contribution is 5.96. The molecule has 1 aliphatic heterocycles. The van der Waals surface area contributed by atoms with Gasteiger partial charge < -0.3 is 14.8 Å². The summed E-state index contributed by atoms with van der Waals surface area (Å²) in [6, 6.07) is 15.1. The second-order valence-electron chi connectivity index (χ2n) is 15.4. The number of nitrogens with one attached hydrogen (secondary N) is 2. The number of amides is 2. The molecule has 2 N–H and O–H groups in total. The molecule has 2 aliphatic rings. The minimum absolute atomic E-state index is 0.0243. The Hall–Kier alpha value is -4.35. The number of carbonyl (C=O) groups is 2. The van der Waals surface area contributed by atoms with Gasteiger partial charge in [0.15, 0.2) is 11.4 Å². The van der Waals surface area contributed by atoms with Gasteiger partial charge in [-0.05, 0) is 72.2 Å². The zero-order valence-corrected chi connectivity index (χ0v) is 29.7. The molecule has 2 atom stereocenters. The molecular weight excluding hydrogens is 618 g/mol. The van der Waals surface area contributed by atoms with Crippen molar-refractivity contribution in [3.63, 3.8) is 0 Å². The summed E-state index contributed by atoms with van der Waals surface area (Å²) in [6.45, 7) is 15.3. The summed E-state index contributed by atoms with van der Waals surface area (Å²) < 4.78 is 13.9. The number of ether oxygens (including phenoxy) is 2. The van der Waals surface area contributed by atoms with Crippen LogP contribution < -0.4 is 15.4 Å². The second kappa shape index (κ2) is 13.9. The minimum Gasteiger partial charge on any atom is -0.484 e. The van der Waals surface area contributed by atoms with E-state index in [-0.39, 0.29) is 34.8 Å². The van der Waals surface area contributed by atoms with Crippen molar-refractivity contribution in [1.29, 1.82) is 0 Å². The van der Waals surface area contributed by atoms with Crippen molar-refractivity contribution < 1.29 is 19.1 Å².